The van der Waals surface area contributed by atoms with Crippen molar-refractivity contribution in [2.24, 2.45) is 5.73 Å². The molecule has 1 heterocycles. The number of carbonyl (C=O) groups excluding carboxylic acids is 2. The predicted octanol–water partition coefficient (Wildman–Crippen LogP) is 2.11. The maximum Gasteiger partial charge on any atom is 0.573 e. The highest BCUT2D eigenvalue weighted by atomic mass is 32.1. The molecule has 0 fully saturated rings. The SMILES string of the molecule is CCN(CC(=O)Cc1nc2ccc(OC(F)(F)F)cc2s1)C(=O)CN. The number of rotatable bonds is 7. The molecule has 0 aliphatic rings. The van der Waals surface area contributed by atoms with Crippen LogP contribution in [-0.4, -0.2) is 47.6 Å². The predicted molar refractivity (Wildman–Crippen MR) is 86.3 cm³/mol. The number of Topliss-reactive ketones (excluding diaryl/α,β-unsaturated/α-hetero) is 1. The number of halogens is 3. The highest BCUT2D eigenvalue weighted by Gasteiger charge is 2.31. The van der Waals surface area contributed by atoms with Crippen LogP contribution in [0.5, 0.6) is 5.75 Å². The number of alkyl halides is 3. The second-order valence-corrected chi connectivity index (χ2v) is 6.23. The van der Waals surface area contributed by atoms with E-state index in [0.29, 0.717) is 21.8 Å². The van der Waals surface area contributed by atoms with Gasteiger partial charge in [0.1, 0.15) is 10.8 Å². The smallest absolute Gasteiger partial charge is 0.406 e. The number of nitrogens with two attached hydrogens (primary N) is 1. The third kappa shape index (κ3) is 5.40. The van der Waals surface area contributed by atoms with Crippen molar-refractivity contribution in [3.8, 4) is 5.75 Å². The van der Waals surface area contributed by atoms with E-state index in [1.54, 1.807) is 6.92 Å². The molecule has 0 saturated heterocycles. The summed E-state index contributed by atoms with van der Waals surface area (Å²) in [5.41, 5.74) is 5.76. The highest BCUT2D eigenvalue weighted by molar-refractivity contribution is 7.18. The first-order valence-corrected chi connectivity index (χ1v) is 8.18. The highest BCUT2D eigenvalue weighted by Crippen LogP contribution is 2.29. The first-order valence-electron chi connectivity index (χ1n) is 7.36. The van der Waals surface area contributed by atoms with Crippen LogP contribution < -0.4 is 10.5 Å². The molecule has 0 atom stereocenters. The number of amides is 1. The van der Waals surface area contributed by atoms with Crippen LogP contribution in [0.15, 0.2) is 18.2 Å². The lowest BCUT2D eigenvalue weighted by Crippen LogP contribution is -2.39. The first kappa shape index (κ1) is 19.1. The molecule has 0 saturated carbocycles. The van der Waals surface area contributed by atoms with Crippen LogP contribution in [0, 0.1) is 0 Å². The zero-order chi connectivity index (χ0) is 18.6. The fourth-order valence-electron chi connectivity index (χ4n) is 2.17. The van der Waals surface area contributed by atoms with Crippen molar-refractivity contribution in [1.82, 2.24) is 9.88 Å². The number of fused-ring (bicyclic) bond motifs is 1. The summed E-state index contributed by atoms with van der Waals surface area (Å²) in [5.74, 6) is -0.893. The Hall–Kier alpha value is -2.20. The number of benzene rings is 1. The number of thiazole rings is 1. The largest absolute Gasteiger partial charge is 0.573 e. The maximum absolute atomic E-state index is 12.2. The van der Waals surface area contributed by atoms with Crippen LogP contribution in [-0.2, 0) is 16.0 Å². The Labute approximate surface area is 145 Å². The van der Waals surface area contributed by atoms with E-state index in [-0.39, 0.29) is 37.0 Å². The van der Waals surface area contributed by atoms with Gasteiger partial charge in [0.15, 0.2) is 5.78 Å². The molecule has 136 valence electrons. The monoisotopic (exact) mass is 375 g/mol. The fraction of sp³-hybridized carbons (Fsp3) is 0.400. The van der Waals surface area contributed by atoms with Gasteiger partial charge in [-0.2, -0.15) is 0 Å². The van der Waals surface area contributed by atoms with Gasteiger partial charge in [0.05, 0.1) is 29.7 Å². The van der Waals surface area contributed by atoms with Crippen molar-refractivity contribution in [2.75, 3.05) is 19.6 Å². The zero-order valence-electron chi connectivity index (χ0n) is 13.3. The second-order valence-electron chi connectivity index (χ2n) is 5.11. The first-order chi connectivity index (χ1) is 11.7. The summed E-state index contributed by atoms with van der Waals surface area (Å²) in [6.45, 7) is 1.84. The zero-order valence-corrected chi connectivity index (χ0v) is 14.1. The average Bonchev–Trinajstić information content (AvgIpc) is 2.91. The number of hydrogen-bond donors (Lipinski definition) is 1. The van der Waals surface area contributed by atoms with Crippen LogP contribution in [0.25, 0.3) is 10.2 Å². The number of aromatic nitrogens is 1. The van der Waals surface area contributed by atoms with E-state index in [9.17, 15) is 22.8 Å². The van der Waals surface area contributed by atoms with E-state index in [1.807, 2.05) is 0 Å². The molecule has 2 N–H and O–H groups in total. The Bertz CT molecular complexity index is 776. The van der Waals surface area contributed by atoms with Gasteiger partial charge in [0.25, 0.3) is 0 Å². The van der Waals surface area contributed by atoms with Gasteiger partial charge in [-0.25, -0.2) is 4.98 Å². The lowest BCUT2D eigenvalue weighted by Gasteiger charge is -2.18. The van der Waals surface area contributed by atoms with E-state index in [4.69, 9.17) is 5.73 Å². The molecule has 1 aromatic heterocycles. The van der Waals surface area contributed by atoms with Crippen molar-refractivity contribution in [3.05, 3.63) is 23.2 Å². The molecule has 0 bridgehead atoms. The van der Waals surface area contributed by atoms with Crippen molar-refractivity contribution < 1.29 is 27.5 Å². The molecule has 2 rings (SSSR count). The molecule has 0 spiro atoms. The lowest BCUT2D eigenvalue weighted by atomic mass is 10.2. The molecule has 1 aromatic carbocycles. The molecule has 25 heavy (non-hydrogen) atoms. The van der Waals surface area contributed by atoms with Crippen LogP contribution in [0.1, 0.15) is 11.9 Å². The Morgan fingerprint density at radius 1 is 1.36 bits per heavy atom. The number of hydrogen-bond acceptors (Lipinski definition) is 6. The number of ether oxygens (including phenoxy) is 1. The molecular weight excluding hydrogens is 359 g/mol. The molecule has 1 amide bonds. The van der Waals surface area contributed by atoms with Gasteiger partial charge in [0, 0.05) is 6.54 Å². The maximum atomic E-state index is 12.2. The molecule has 0 aliphatic heterocycles. The molecule has 10 heteroatoms. The third-order valence-corrected chi connectivity index (χ3v) is 4.28. The van der Waals surface area contributed by atoms with Crippen LogP contribution in [0.2, 0.25) is 0 Å². The summed E-state index contributed by atoms with van der Waals surface area (Å²) < 4.78 is 41.1. The molecule has 0 unspecified atom stereocenters. The van der Waals surface area contributed by atoms with Crippen molar-refractivity contribution in [2.45, 2.75) is 19.7 Å². The Morgan fingerprint density at radius 2 is 2.08 bits per heavy atom. The summed E-state index contributed by atoms with van der Waals surface area (Å²) in [5, 5.41) is 0.459. The molecular formula is C15H16F3N3O3S. The van der Waals surface area contributed by atoms with Gasteiger partial charge in [-0.1, -0.05) is 0 Å². The Morgan fingerprint density at radius 3 is 2.68 bits per heavy atom. The number of nitrogens with zero attached hydrogens (tertiary/aromatic N) is 2. The van der Waals surface area contributed by atoms with Crippen molar-refractivity contribution >= 4 is 33.2 Å². The Balaban J connectivity index is 2.08. The molecule has 6 nitrogen and oxygen atoms in total. The molecule has 0 radical (unpaired) electrons. The minimum atomic E-state index is -4.77. The topological polar surface area (TPSA) is 85.5 Å². The summed E-state index contributed by atoms with van der Waals surface area (Å²) in [4.78, 5) is 29.2. The van der Waals surface area contributed by atoms with E-state index < -0.39 is 6.36 Å². The number of carbonyl (C=O) groups is 2. The van der Waals surface area contributed by atoms with E-state index in [2.05, 4.69) is 9.72 Å². The number of ketones is 1. The van der Waals surface area contributed by atoms with E-state index >= 15 is 0 Å². The van der Waals surface area contributed by atoms with Crippen LogP contribution in [0.3, 0.4) is 0 Å². The minimum Gasteiger partial charge on any atom is -0.406 e. The van der Waals surface area contributed by atoms with Crippen LogP contribution >= 0.6 is 11.3 Å². The third-order valence-electron chi connectivity index (χ3n) is 3.26. The summed E-state index contributed by atoms with van der Waals surface area (Å²) in [6, 6.07) is 3.79. The van der Waals surface area contributed by atoms with Gasteiger partial charge < -0.3 is 15.4 Å². The Kier molecular flexibility index (Phi) is 5.96. The van der Waals surface area contributed by atoms with Crippen molar-refractivity contribution in [3.63, 3.8) is 0 Å². The summed E-state index contributed by atoms with van der Waals surface area (Å²) in [6.07, 6.45) is -4.78. The van der Waals surface area contributed by atoms with E-state index in [1.165, 1.54) is 23.1 Å². The van der Waals surface area contributed by atoms with Crippen molar-refractivity contribution in [1.29, 1.82) is 0 Å². The quantitative estimate of drug-likeness (QED) is 0.801. The van der Waals surface area contributed by atoms with Gasteiger partial charge in [0.2, 0.25) is 5.91 Å². The summed E-state index contributed by atoms with van der Waals surface area (Å²) >= 11 is 1.11. The van der Waals surface area contributed by atoms with E-state index in [0.717, 1.165) is 11.3 Å². The van der Waals surface area contributed by atoms with Gasteiger partial charge >= 0.3 is 6.36 Å². The van der Waals surface area contributed by atoms with Gasteiger partial charge in [-0.05, 0) is 25.1 Å². The van der Waals surface area contributed by atoms with Gasteiger partial charge in [-0.3, -0.25) is 9.59 Å². The normalized spacial score (nSPS) is 11.6. The second kappa shape index (κ2) is 7.79. The fourth-order valence-corrected chi connectivity index (χ4v) is 3.19. The minimum absolute atomic E-state index is 0.0108. The standard InChI is InChI=1S/C15H16F3N3O3S/c1-2-21(14(23)7-19)8-9(22)5-13-20-11-4-3-10(6-12(11)25-13)24-15(16,17)18/h3-4,6H,2,5,7-8,19H2,1H3. The lowest BCUT2D eigenvalue weighted by molar-refractivity contribution is -0.274. The average molecular weight is 375 g/mol. The summed E-state index contributed by atoms with van der Waals surface area (Å²) in [7, 11) is 0. The molecule has 0 aliphatic carbocycles. The van der Waals surface area contributed by atoms with Gasteiger partial charge in [-0.15, -0.1) is 24.5 Å². The molecule has 2 aromatic rings. The number of likely N-dealkylation sites (N-methyl/N-ethyl adjacent to an activating group) is 1. The van der Waals surface area contributed by atoms with Crippen LogP contribution in [0.4, 0.5) is 13.2 Å².